The average molecular weight is 302 g/mol. The molecule has 1 aromatic rings. The van der Waals surface area contributed by atoms with E-state index in [0.29, 0.717) is 12.3 Å². The third-order valence-corrected chi connectivity index (χ3v) is 5.33. The first-order valence-electron chi connectivity index (χ1n) is 6.89. The summed E-state index contributed by atoms with van der Waals surface area (Å²) in [4.78, 5) is 0. The number of hydrogen-bond acceptors (Lipinski definition) is 7. The smallest absolute Gasteiger partial charge is 0.315 e. The molecule has 1 aliphatic rings. The summed E-state index contributed by atoms with van der Waals surface area (Å²) in [6.45, 7) is 6.78. The lowest BCUT2D eigenvalue weighted by atomic mass is 10.0. The van der Waals surface area contributed by atoms with Gasteiger partial charge >= 0.3 is 6.01 Å². The molecule has 2 heterocycles. The van der Waals surface area contributed by atoms with E-state index >= 15 is 0 Å². The van der Waals surface area contributed by atoms with E-state index in [-0.39, 0.29) is 23.6 Å². The normalized spacial score (nSPS) is 26.6. The van der Waals surface area contributed by atoms with Gasteiger partial charge in [-0.25, -0.2) is 8.42 Å². The predicted molar refractivity (Wildman–Crippen MR) is 76.3 cm³/mol. The van der Waals surface area contributed by atoms with Crippen molar-refractivity contribution in [2.45, 2.75) is 45.2 Å². The minimum absolute atomic E-state index is 0.0156. The second-order valence-corrected chi connectivity index (χ2v) is 7.83. The van der Waals surface area contributed by atoms with Crippen LogP contribution in [0.2, 0.25) is 0 Å². The van der Waals surface area contributed by atoms with E-state index in [0.717, 1.165) is 13.0 Å². The van der Waals surface area contributed by atoms with E-state index in [1.807, 2.05) is 13.8 Å². The monoisotopic (exact) mass is 302 g/mol. The second-order valence-electron chi connectivity index (χ2n) is 5.65. The number of nitrogens with zero attached hydrogens (tertiary/aromatic N) is 2. The van der Waals surface area contributed by atoms with Crippen LogP contribution in [0.3, 0.4) is 0 Å². The van der Waals surface area contributed by atoms with Gasteiger partial charge in [-0.1, -0.05) is 12.0 Å². The highest BCUT2D eigenvalue weighted by Gasteiger charge is 2.39. The van der Waals surface area contributed by atoms with Crippen molar-refractivity contribution in [2.75, 3.05) is 23.4 Å². The Morgan fingerprint density at radius 3 is 2.80 bits per heavy atom. The number of nitrogens with one attached hydrogen (secondary N) is 2. The summed E-state index contributed by atoms with van der Waals surface area (Å²) in [6.07, 6.45) is 1.58. The Labute approximate surface area is 119 Å². The van der Waals surface area contributed by atoms with Crippen LogP contribution in [0.5, 0.6) is 0 Å². The molecule has 20 heavy (non-hydrogen) atoms. The molecule has 2 rings (SSSR count). The summed E-state index contributed by atoms with van der Waals surface area (Å²) in [6, 6.07) is 0.267. The molecule has 0 aliphatic carbocycles. The van der Waals surface area contributed by atoms with E-state index in [9.17, 15) is 8.42 Å². The molecular weight excluding hydrogens is 280 g/mol. The van der Waals surface area contributed by atoms with Crippen LogP contribution >= 0.6 is 0 Å². The first-order chi connectivity index (χ1) is 9.34. The number of sulfone groups is 1. The van der Waals surface area contributed by atoms with E-state index < -0.39 is 15.4 Å². The lowest BCUT2D eigenvalue weighted by molar-refractivity contribution is 0.415. The Bertz CT molecular complexity index is 557. The van der Waals surface area contributed by atoms with Gasteiger partial charge in [-0.3, -0.25) is 0 Å². The maximum Gasteiger partial charge on any atom is 0.315 e. The molecule has 8 heteroatoms. The molecule has 0 amide bonds. The average Bonchev–Trinajstić information content (AvgIpc) is 2.91. The molecule has 2 unspecified atom stereocenters. The van der Waals surface area contributed by atoms with Gasteiger partial charge in [0.2, 0.25) is 5.89 Å². The highest BCUT2D eigenvalue weighted by molar-refractivity contribution is 7.91. The zero-order valence-electron chi connectivity index (χ0n) is 12.1. The summed E-state index contributed by atoms with van der Waals surface area (Å²) in [5.74, 6) is 0.804. The van der Waals surface area contributed by atoms with Crippen LogP contribution in [0.25, 0.3) is 0 Å². The van der Waals surface area contributed by atoms with Crippen LogP contribution in [0.4, 0.5) is 6.01 Å². The fourth-order valence-electron chi connectivity index (χ4n) is 2.28. The lowest BCUT2D eigenvalue weighted by Crippen LogP contribution is -2.36. The SMILES string of the molecule is CCCNC(C)c1nnc(NC2(C)CCS(=O)(=O)C2)o1. The van der Waals surface area contributed by atoms with E-state index in [4.69, 9.17) is 4.42 Å². The summed E-state index contributed by atoms with van der Waals surface area (Å²) >= 11 is 0. The van der Waals surface area contributed by atoms with Gasteiger partial charge in [0.15, 0.2) is 9.84 Å². The quantitative estimate of drug-likeness (QED) is 0.812. The van der Waals surface area contributed by atoms with Crippen LogP contribution in [0.1, 0.15) is 45.5 Å². The minimum atomic E-state index is -2.96. The number of aromatic nitrogens is 2. The van der Waals surface area contributed by atoms with E-state index in [1.54, 1.807) is 0 Å². The molecular formula is C12H22N4O3S. The van der Waals surface area contributed by atoms with Crippen LogP contribution in [0.15, 0.2) is 4.42 Å². The Morgan fingerprint density at radius 2 is 2.20 bits per heavy atom. The van der Waals surface area contributed by atoms with Crippen molar-refractivity contribution in [2.24, 2.45) is 0 Å². The molecule has 2 N–H and O–H groups in total. The van der Waals surface area contributed by atoms with Crippen molar-refractivity contribution in [1.82, 2.24) is 15.5 Å². The molecule has 114 valence electrons. The van der Waals surface area contributed by atoms with Gasteiger partial charge in [0.1, 0.15) is 0 Å². The number of rotatable bonds is 6. The van der Waals surface area contributed by atoms with Gasteiger partial charge in [0.05, 0.1) is 23.1 Å². The standard InChI is InChI=1S/C12H22N4O3S/c1-4-6-13-9(2)10-15-16-11(19-10)14-12(3)5-7-20(17,18)8-12/h9,13H,4-8H2,1-3H3,(H,14,16). The van der Waals surface area contributed by atoms with Gasteiger partial charge in [-0.05, 0) is 33.2 Å². The third-order valence-electron chi connectivity index (χ3n) is 3.42. The summed E-state index contributed by atoms with van der Waals surface area (Å²) in [5, 5.41) is 14.2. The lowest BCUT2D eigenvalue weighted by Gasteiger charge is -2.21. The highest BCUT2D eigenvalue weighted by Crippen LogP contribution is 2.27. The summed E-state index contributed by atoms with van der Waals surface area (Å²) < 4.78 is 28.6. The zero-order valence-corrected chi connectivity index (χ0v) is 13.0. The highest BCUT2D eigenvalue weighted by atomic mass is 32.2. The minimum Gasteiger partial charge on any atom is -0.406 e. The number of anilines is 1. The van der Waals surface area contributed by atoms with Crippen LogP contribution in [-0.4, -0.2) is 42.2 Å². The van der Waals surface area contributed by atoms with E-state index in [2.05, 4.69) is 27.8 Å². The van der Waals surface area contributed by atoms with Gasteiger partial charge in [-0.2, -0.15) is 0 Å². The van der Waals surface area contributed by atoms with Crippen LogP contribution in [-0.2, 0) is 9.84 Å². The van der Waals surface area contributed by atoms with Crippen molar-refractivity contribution < 1.29 is 12.8 Å². The molecule has 7 nitrogen and oxygen atoms in total. The number of hydrogen-bond donors (Lipinski definition) is 2. The van der Waals surface area contributed by atoms with Crippen molar-refractivity contribution in [3.05, 3.63) is 5.89 Å². The molecule has 0 bridgehead atoms. The van der Waals surface area contributed by atoms with Crippen molar-refractivity contribution in [3.8, 4) is 0 Å². The molecule has 0 radical (unpaired) electrons. The summed E-state index contributed by atoms with van der Waals surface area (Å²) in [7, 11) is -2.96. The molecule has 1 fully saturated rings. The van der Waals surface area contributed by atoms with Gasteiger partial charge < -0.3 is 15.1 Å². The third kappa shape index (κ3) is 3.69. The molecule has 2 atom stereocenters. The molecule has 0 spiro atoms. The fourth-order valence-corrected chi connectivity index (χ4v) is 4.37. The van der Waals surface area contributed by atoms with Gasteiger partial charge in [-0.15, -0.1) is 5.10 Å². The largest absolute Gasteiger partial charge is 0.406 e. The Balaban J connectivity index is 1.99. The Kier molecular flexibility index (Phi) is 4.33. The summed E-state index contributed by atoms with van der Waals surface area (Å²) in [5.41, 5.74) is -0.525. The maximum absolute atomic E-state index is 11.6. The maximum atomic E-state index is 11.6. The fraction of sp³-hybridized carbons (Fsp3) is 0.833. The van der Waals surface area contributed by atoms with Gasteiger partial charge in [0.25, 0.3) is 0 Å². The van der Waals surface area contributed by atoms with Crippen molar-refractivity contribution in [3.63, 3.8) is 0 Å². The van der Waals surface area contributed by atoms with Crippen LogP contribution < -0.4 is 10.6 Å². The first kappa shape index (κ1) is 15.2. The Hall–Kier alpha value is -1.15. The topological polar surface area (TPSA) is 97.1 Å². The molecule has 1 aliphatic heterocycles. The zero-order chi connectivity index (χ0) is 14.8. The Morgan fingerprint density at radius 1 is 1.45 bits per heavy atom. The molecule has 0 aromatic carbocycles. The molecule has 1 aromatic heterocycles. The first-order valence-corrected chi connectivity index (χ1v) is 8.71. The van der Waals surface area contributed by atoms with Crippen molar-refractivity contribution in [1.29, 1.82) is 0 Å². The van der Waals surface area contributed by atoms with Crippen LogP contribution in [0, 0.1) is 0 Å². The van der Waals surface area contributed by atoms with E-state index in [1.165, 1.54) is 0 Å². The van der Waals surface area contributed by atoms with Crippen molar-refractivity contribution >= 4 is 15.9 Å². The van der Waals surface area contributed by atoms with Gasteiger partial charge in [0, 0.05) is 0 Å². The molecule has 0 saturated carbocycles. The molecule has 1 saturated heterocycles. The predicted octanol–water partition coefficient (Wildman–Crippen LogP) is 1.12. The second kappa shape index (κ2) is 5.69.